The summed E-state index contributed by atoms with van der Waals surface area (Å²) in [6.45, 7) is -2.33. The second kappa shape index (κ2) is 9.65. The van der Waals surface area contributed by atoms with E-state index in [1.54, 1.807) is 25.2 Å². The molecule has 0 spiro atoms. The van der Waals surface area contributed by atoms with Gasteiger partial charge in [0.15, 0.2) is 5.96 Å². The zero-order valence-corrected chi connectivity index (χ0v) is 14.1. The lowest BCUT2D eigenvalue weighted by atomic mass is 10.1. The first-order chi connectivity index (χ1) is 12.5. The number of ether oxygens (including phenoxy) is 1. The molecule has 0 aliphatic carbocycles. The van der Waals surface area contributed by atoms with Crippen molar-refractivity contribution in [3.63, 3.8) is 0 Å². The molecule has 0 unspecified atom stereocenters. The van der Waals surface area contributed by atoms with E-state index in [0.29, 0.717) is 30.1 Å². The summed E-state index contributed by atoms with van der Waals surface area (Å²) in [7, 11) is 1.55. The number of hydrogen-bond donors (Lipinski definition) is 2. The standard InChI is InChI=1S/C18H19F4N3O/c1-23-18(24-9-8-12-6-7-14(19)10-15(12)20)25-11-13-4-2-3-5-16(13)26-17(21)22/h2-7,10,17H,8-9,11H2,1H3,(H2,23,24,25). The van der Waals surface area contributed by atoms with Crippen molar-refractivity contribution in [1.82, 2.24) is 10.6 Å². The van der Waals surface area contributed by atoms with Gasteiger partial charge in [-0.25, -0.2) is 8.78 Å². The van der Waals surface area contributed by atoms with Crippen molar-refractivity contribution in [2.24, 2.45) is 4.99 Å². The van der Waals surface area contributed by atoms with E-state index in [-0.39, 0.29) is 12.3 Å². The molecular weight excluding hydrogens is 350 g/mol. The fourth-order valence-corrected chi connectivity index (χ4v) is 2.30. The van der Waals surface area contributed by atoms with Gasteiger partial charge < -0.3 is 15.4 Å². The third-order valence-corrected chi connectivity index (χ3v) is 3.56. The van der Waals surface area contributed by atoms with Crippen molar-refractivity contribution < 1.29 is 22.3 Å². The molecule has 0 amide bonds. The van der Waals surface area contributed by atoms with Crippen LogP contribution < -0.4 is 15.4 Å². The lowest BCUT2D eigenvalue weighted by Crippen LogP contribution is -2.38. The highest BCUT2D eigenvalue weighted by Crippen LogP contribution is 2.19. The quantitative estimate of drug-likeness (QED) is 0.446. The Hall–Kier alpha value is -2.77. The highest BCUT2D eigenvalue weighted by Gasteiger charge is 2.09. The van der Waals surface area contributed by atoms with Gasteiger partial charge in [0, 0.05) is 31.8 Å². The topological polar surface area (TPSA) is 45.7 Å². The summed E-state index contributed by atoms with van der Waals surface area (Å²) in [6.07, 6.45) is 0.331. The third kappa shape index (κ3) is 5.94. The first-order valence-electron chi connectivity index (χ1n) is 7.90. The molecule has 140 valence electrons. The first kappa shape index (κ1) is 19.6. The lowest BCUT2D eigenvalue weighted by molar-refractivity contribution is -0.0504. The van der Waals surface area contributed by atoms with Crippen LogP contribution in [0.25, 0.3) is 0 Å². The predicted octanol–water partition coefficient (Wildman–Crippen LogP) is 3.47. The minimum atomic E-state index is -2.90. The first-order valence-corrected chi connectivity index (χ1v) is 7.90. The molecule has 2 aromatic rings. The van der Waals surface area contributed by atoms with E-state index in [4.69, 9.17) is 0 Å². The SMILES string of the molecule is CN=C(NCCc1ccc(F)cc1F)NCc1ccccc1OC(F)F. The van der Waals surface area contributed by atoms with Crippen LogP contribution in [0.5, 0.6) is 5.75 Å². The van der Waals surface area contributed by atoms with E-state index in [0.717, 1.165) is 6.07 Å². The molecule has 0 heterocycles. The number of benzene rings is 2. The van der Waals surface area contributed by atoms with Crippen LogP contribution in [-0.2, 0) is 13.0 Å². The van der Waals surface area contributed by atoms with Gasteiger partial charge in [0.05, 0.1) is 0 Å². The number of guanidine groups is 1. The van der Waals surface area contributed by atoms with Crippen molar-refractivity contribution in [3.05, 3.63) is 65.2 Å². The second-order valence-corrected chi connectivity index (χ2v) is 5.32. The molecule has 0 radical (unpaired) electrons. The van der Waals surface area contributed by atoms with Crippen LogP contribution in [0, 0.1) is 11.6 Å². The molecule has 0 saturated heterocycles. The molecule has 0 bridgehead atoms. The van der Waals surface area contributed by atoms with Gasteiger partial charge in [-0.15, -0.1) is 0 Å². The van der Waals surface area contributed by atoms with Crippen molar-refractivity contribution in [2.75, 3.05) is 13.6 Å². The highest BCUT2D eigenvalue weighted by atomic mass is 19.3. The fourth-order valence-electron chi connectivity index (χ4n) is 2.30. The Morgan fingerprint density at radius 1 is 1.08 bits per heavy atom. The van der Waals surface area contributed by atoms with Gasteiger partial charge in [-0.3, -0.25) is 4.99 Å². The fraction of sp³-hybridized carbons (Fsp3) is 0.278. The van der Waals surface area contributed by atoms with Crippen LogP contribution in [0.1, 0.15) is 11.1 Å². The lowest BCUT2D eigenvalue weighted by Gasteiger charge is -2.14. The van der Waals surface area contributed by atoms with Crippen molar-refractivity contribution in [2.45, 2.75) is 19.6 Å². The zero-order chi connectivity index (χ0) is 18.9. The summed E-state index contributed by atoms with van der Waals surface area (Å²) >= 11 is 0. The van der Waals surface area contributed by atoms with Crippen molar-refractivity contribution in [3.8, 4) is 5.75 Å². The zero-order valence-electron chi connectivity index (χ0n) is 14.1. The van der Waals surface area contributed by atoms with Crippen LogP contribution >= 0.6 is 0 Å². The van der Waals surface area contributed by atoms with Gasteiger partial charge in [0.2, 0.25) is 0 Å². The molecule has 0 aromatic heterocycles. The summed E-state index contributed by atoms with van der Waals surface area (Å²) in [5, 5.41) is 5.95. The number of nitrogens with one attached hydrogen (secondary N) is 2. The maximum absolute atomic E-state index is 13.6. The summed E-state index contributed by atoms with van der Waals surface area (Å²) in [6, 6.07) is 9.85. The van der Waals surface area contributed by atoms with Gasteiger partial charge >= 0.3 is 6.61 Å². The molecule has 0 saturated carbocycles. The molecule has 0 atom stereocenters. The van der Waals surface area contributed by atoms with E-state index in [9.17, 15) is 17.6 Å². The van der Waals surface area contributed by atoms with Gasteiger partial charge in [-0.05, 0) is 24.1 Å². The average Bonchev–Trinajstić information content (AvgIpc) is 2.60. The van der Waals surface area contributed by atoms with Gasteiger partial charge in [0.1, 0.15) is 17.4 Å². The van der Waals surface area contributed by atoms with E-state index in [2.05, 4.69) is 20.4 Å². The minimum absolute atomic E-state index is 0.0823. The number of halogens is 4. The highest BCUT2D eigenvalue weighted by molar-refractivity contribution is 5.79. The molecular formula is C18H19F4N3O. The Morgan fingerprint density at radius 3 is 2.54 bits per heavy atom. The van der Waals surface area contributed by atoms with Crippen molar-refractivity contribution in [1.29, 1.82) is 0 Å². The van der Waals surface area contributed by atoms with Crippen LogP contribution in [-0.4, -0.2) is 26.2 Å². The van der Waals surface area contributed by atoms with Gasteiger partial charge in [-0.2, -0.15) is 8.78 Å². The van der Waals surface area contributed by atoms with Crippen LogP contribution in [0.4, 0.5) is 17.6 Å². The smallest absolute Gasteiger partial charge is 0.387 e. The molecule has 8 heteroatoms. The molecule has 26 heavy (non-hydrogen) atoms. The van der Waals surface area contributed by atoms with E-state index >= 15 is 0 Å². The van der Waals surface area contributed by atoms with E-state index in [1.165, 1.54) is 18.2 Å². The predicted molar refractivity (Wildman–Crippen MR) is 91.3 cm³/mol. The third-order valence-electron chi connectivity index (χ3n) is 3.56. The van der Waals surface area contributed by atoms with Gasteiger partial charge in [0.25, 0.3) is 0 Å². The summed E-state index contributed by atoms with van der Waals surface area (Å²) in [5.41, 5.74) is 0.922. The Morgan fingerprint density at radius 2 is 1.85 bits per heavy atom. The number of rotatable bonds is 7. The summed E-state index contributed by atoms with van der Waals surface area (Å²) in [5.74, 6) is -0.729. The molecule has 0 fully saturated rings. The Labute approximate surface area is 148 Å². The van der Waals surface area contributed by atoms with Crippen LogP contribution in [0.2, 0.25) is 0 Å². The van der Waals surface area contributed by atoms with Gasteiger partial charge in [-0.1, -0.05) is 24.3 Å². The number of para-hydroxylation sites is 1. The molecule has 2 N–H and O–H groups in total. The number of nitrogens with zero attached hydrogens (tertiary/aromatic N) is 1. The van der Waals surface area contributed by atoms with E-state index in [1.807, 2.05) is 0 Å². The summed E-state index contributed by atoms with van der Waals surface area (Å²) < 4.78 is 55.8. The van der Waals surface area contributed by atoms with Crippen LogP contribution in [0.15, 0.2) is 47.5 Å². The molecule has 0 aliphatic heterocycles. The maximum atomic E-state index is 13.6. The molecule has 2 aromatic carbocycles. The Bertz CT molecular complexity index is 753. The Balaban J connectivity index is 1.86. The molecule has 0 aliphatic rings. The minimum Gasteiger partial charge on any atom is -0.434 e. The number of alkyl halides is 2. The monoisotopic (exact) mass is 369 g/mol. The van der Waals surface area contributed by atoms with Crippen molar-refractivity contribution >= 4 is 5.96 Å². The maximum Gasteiger partial charge on any atom is 0.387 e. The second-order valence-electron chi connectivity index (χ2n) is 5.32. The molecule has 4 nitrogen and oxygen atoms in total. The normalized spacial score (nSPS) is 11.5. The number of aliphatic imine (C=N–C) groups is 1. The summed E-state index contributed by atoms with van der Waals surface area (Å²) in [4.78, 5) is 4.01. The van der Waals surface area contributed by atoms with E-state index < -0.39 is 18.2 Å². The average molecular weight is 369 g/mol. The van der Waals surface area contributed by atoms with Crippen LogP contribution in [0.3, 0.4) is 0 Å². The largest absolute Gasteiger partial charge is 0.434 e. The Kier molecular flexibility index (Phi) is 7.25. The molecule has 2 rings (SSSR count). The number of hydrogen-bond acceptors (Lipinski definition) is 2.